The number of hydrogen-bond donors (Lipinski definition) is 0. The molecule has 2 aliphatic rings. The molecule has 6 heteroatoms. The Kier molecular flexibility index (Phi) is 3.11. The number of carbonyl (C=O) groups excluding carboxylic acids is 2. The first-order valence-corrected chi connectivity index (χ1v) is 7.51. The number of carbonyl (C=O) groups is 2. The molecule has 0 radical (unpaired) electrons. The van der Waals surface area contributed by atoms with Gasteiger partial charge in [0.1, 0.15) is 0 Å². The second-order valence-corrected chi connectivity index (χ2v) is 5.45. The summed E-state index contributed by atoms with van der Waals surface area (Å²) in [6.07, 6.45) is 3.22. The third-order valence-corrected chi connectivity index (χ3v) is 4.21. The fraction of sp³-hybridized carbons (Fsp3) is 0.294. The predicted octanol–water partition coefficient (Wildman–Crippen LogP) is 2.43. The molecular weight excluding hydrogens is 298 g/mol. The van der Waals surface area contributed by atoms with Crippen LogP contribution in [-0.2, 0) is 17.7 Å². The van der Waals surface area contributed by atoms with Crippen molar-refractivity contribution in [2.75, 3.05) is 13.4 Å². The quantitative estimate of drug-likeness (QED) is 0.643. The largest absolute Gasteiger partial charge is 0.462 e. The lowest BCUT2D eigenvalue weighted by Crippen LogP contribution is -2.10. The number of rotatable bonds is 3. The van der Waals surface area contributed by atoms with Gasteiger partial charge in [0.25, 0.3) is 0 Å². The zero-order valence-electron chi connectivity index (χ0n) is 12.6. The van der Waals surface area contributed by atoms with Crippen LogP contribution in [0.1, 0.15) is 33.2 Å². The molecule has 118 valence electrons. The molecule has 0 unspecified atom stereocenters. The second-order valence-electron chi connectivity index (χ2n) is 5.45. The van der Waals surface area contributed by atoms with Crippen molar-refractivity contribution in [2.24, 2.45) is 0 Å². The van der Waals surface area contributed by atoms with E-state index in [1.165, 1.54) is 0 Å². The van der Waals surface area contributed by atoms with E-state index in [4.69, 9.17) is 14.2 Å². The predicted molar refractivity (Wildman–Crippen MR) is 81.0 cm³/mol. The molecule has 0 aliphatic carbocycles. The van der Waals surface area contributed by atoms with Crippen molar-refractivity contribution in [3.63, 3.8) is 0 Å². The highest BCUT2D eigenvalue weighted by atomic mass is 16.7. The third kappa shape index (κ3) is 2.02. The summed E-state index contributed by atoms with van der Waals surface area (Å²) in [4.78, 5) is 23.7. The van der Waals surface area contributed by atoms with Gasteiger partial charge in [0.2, 0.25) is 6.79 Å². The summed E-state index contributed by atoms with van der Waals surface area (Å²) >= 11 is 0. The third-order valence-electron chi connectivity index (χ3n) is 4.21. The van der Waals surface area contributed by atoms with E-state index in [-0.39, 0.29) is 13.4 Å². The molecule has 0 amide bonds. The van der Waals surface area contributed by atoms with Gasteiger partial charge in [0.15, 0.2) is 17.8 Å². The number of esters is 1. The van der Waals surface area contributed by atoms with Crippen molar-refractivity contribution in [3.05, 3.63) is 35.0 Å². The molecule has 0 saturated heterocycles. The SMILES string of the molecule is CCOC(=O)c1cn2c(c1C=O)-c1cc3c(cc1CC2)OCO3. The number of aryl methyl sites for hydroxylation is 2. The van der Waals surface area contributed by atoms with Gasteiger partial charge in [-0.05, 0) is 31.0 Å². The Morgan fingerprint density at radius 1 is 1.35 bits per heavy atom. The van der Waals surface area contributed by atoms with Gasteiger partial charge in [-0.25, -0.2) is 4.79 Å². The molecule has 6 nitrogen and oxygen atoms in total. The van der Waals surface area contributed by atoms with Crippen molar-refractivity contribution >= 4 is 12.3 Å². The molecule has 23 heavy (non-hydrogen) atoms. The Morgan fingerprint density at radius 2 is 2.13 bits per heavy atom. The first-order valence-electron chi connectivity index (χ1n) is 7.51. The Morgan fingerprint density at radius 3 is 2.87 bits per heavy atom. The number of fused-ring (bicyclic) bond motifs is 4. The highest BCUT2D eigenvalue weighted by molar-refractivity contribution is 6.03. The number of aromatic nitrogens is 1. The maximum Gasteiger partial charge on any atom is 0.340 e. The molecular formula is C17H15NO5. The van der Waals surface area contributed by atoms with Crippen molar-refractivity contribution in [1.29, 1.82) is 0 Å². The van der Waals surface area contributed by atoms with Gasteiger partial charge in [0.05, 0.1) is 23.4 Å². The number of nitrogens with zero attached hydrogens (tertiary/aromatic N) is 1. The maximum absolute atomic E-state index is 12.1. The van der Waals surface area contributed by atoms with E-state index in [9.17, 15) is 9.59 Å². The van der Waals surface area contributed by atoms with Crippen molar-refractivity contribution < 1.29 is 23.8 Å². The van der Waals surface area contributed by atoms with E-state index in [1.54, 1.807) is 13.1 Å². The minimum absolute atomic E-state index is 0.202. The number of hydrogen-bond acceptors (Lipinski definition) is 5. The van der Waals surface area contributed by atoms with E-state index >= 15 is 0 Å². The molecule has 1 aromatic carbocycles. The van der Waals surface area contributed by atoms with Gasteiger partial charge in [-0.3, -0.25) is 4.79 Å². The smallest absolute Gasteiger partial charge is 0.340 e. The molecule has 0 N–H and O–H groups in total. The topological polar surface area (TPSA) is 66.8 Å². The van der Waals surface area contributed by atoms with Gasteiger partial charge in [-0.15, -0.1) is 0 Å². The lowest BCUT2D eigenvalue weighted by Gasteiger charge is -2.20. The van der Waals surface area contributed by atoms with Crippen LogP contribution in [0.3, 0.4) is 0 Å². The van der Waals surface area contributed by atoms with Crippen LogP contribution in [0, 0.1) is 0 Å². The Labute approximate surface area is 132 Å². The maximum atomic E-state index is 12.1. The lowest BCUT2D eigenvalue weighted by molar-refractivity contribution is 0.0524. The van der Waals surface area contributed by atoms with E-state index in [0.717, 1.165) is 35.3 Å². The normalized spacial score (nSPS) is 14.1. The summed E-state index contributed by atoms with van der Waals surface area (Å²) in [5.74, 6) is 0.911. The Hall–Kier alpha value is -2.76. The standard InChI is InChI=1S/C17H15NO5/c1-2-21-17(20)12-7-18-4-3-10-5-14-15(23-9-22-14)6-11(10)16(18)13(12)8-19/h5-8H,2-4,9H2,1H3. The van der Waals surface area contributed by atoms with Gasteiger partial charge < -0.3 is 18.8 Å². The molecule has 3 heterocycles. The van der Waals surface area contributed by atoms with Crippen LogP contribution in [0.5, 0.6) is 11.5 Å². The summed E-state index contributed by atoms with van der Waals surface area (Å²) < 4.78 is 17.8. The highest BCUT2D eigenvalue weighted by Gasteiger charge is 2.28. The van der Waals surface area contributed by atoms with Crippen molar-refractivity contribution in [1.82, 2.24) is 4.57 Å². The molecule has 0 atom stereocenters. The first-order chi connectivity index (χ1) is 11.2. The van der Waals surface area contributed by atoms with Crippen LogP contribution in [0.25, 0.3) is 11.3 Å². The minimum Gasteiger partial charge on any atom is -0.462 e. The minimum atomic E-state index is -0.473. The van der Waals surface area contributed by atoms with Gasteiger partial charge in [-0.2, -0.15) is 0 Å². The molecule has 0 fully saturated rings. The highest BCUT2D eigenvalue weighted by Crippen LogP contribution is 2.42. The van der Waals surface area contributed by atoms with Crippen molar-refractivity contribution in [2.45, 2.75) is 19.9 Å². The fourth-order valence-electron chi connectivity index (χ4n) is 3.19. The summed E-state index contributed by atoms with van der Waals surface area (Å²) in [5, 5.41) is 0. The second kappa shape index (κ2) is 5.15. The van der Waals surface area contributed by atoms with Crippen LogP contribution < -0.4 is 9.47 Å². The van der Waals surface area contributed by atoms with E-state index in [0.29, 0.717) is 23.4 Å². The summed E-state index contributed by atoms with van der Waals surface area (Å²) in [6.45, 7) is 2.91. The average Bonchev–Trinajstić information content (AvgIpc) is 3.16. The molecule has 4 rings (SSSR count). The molecule has 2 aliphatic heterocycles. The molecule has 1 aromatic heterocycles. The summed E-state index contributed by atoms with van der Waals surface area (Å²) in [7, 11) is 0. The average molecular weight is 313 g/mol. The molecule has 2 aromatic rings. The summed E-state index contributed by atoms with van der Waals surface area (Å²) in [5.41, 5.74) is 3.39. The van der Waals surface area contributed by atoms with Crippen molar-refractivity contribution in [3.8, 4) is 22.8 Å². The van der Waals surface area contributed by atoms with Crippen LogP contribution in [-0.4, -0.2) is 30.2 Å². The Bertz CT molecular complexity index is 821. The number of benzene rings is 1. The van der Waals surface area contributed by atoms with Gasteiger partial charge in [-0.1, -0.05) is 0 Å². The monoisotopic (exact) mass is 313 g/mol. The zero-order chi connectivity index (χ0) is 16.0. The van der Waals surface area contributed by atoms with Crippen LogP contribution in [0.15, 0.2) is 18.3 Å². The number of aldehydes is 1. The van der Waals surface area contributed by atoms with Crippen LogP contribution in [0.2, 0.25) is 0 Å². The number of ether oxygens (including phenoxy) is 3. The van der Waals surface area contributed by atoms with Crippen LogP contribution >= 0.6 is 0 Å². The van der Waals surface area contributed by atoms with E-state index in [2.05, 4.69) is 0 Å². The lowest BCUT2D eigenvalue weighted by atomic mass is 9.95. The molecule has 0 bridgehead atoms. The molecule has 0 saturated carbocycles. The Balaban J connectivity index is 1.90. The zero-order valence-corrected chi connectivity index (χ0v) is 12.6. The van der Waals surface area contributed by atoms with Crippen LogP contribution in [0.4, 0.5) is 0 Å². The molecule has 0 spiro atoms. The van der Waals surface area contributed by atoms with E-state index in [1.807, 2.05) is 16.7 Å². The van der Waals surface area contributed by atoms with Gasteiger partial charge in [0, 0.05) is 18.3 Å². The van der Waals surface area contributed by atoms with Gasteiger partial charge >= 0.3 is 5.97 Å². The summed E-state index contributed by atoms with van der Waals surface area (Å²) in [6, 6.07) is 3.83. The first kappa shape index (κ1) is 13.9. The van der Waals surface area contributed by atoms with E-state index < -0.39 is 5.97 Å². The fourth-order valence-corrected chi connectivity index (χ4v) is 3.19.